The summed E-state index contributed by atoms with van der Waals surface area (Å²) in [6.45, 7) is 6.66. The first kappa shape index (κ1) is 14.3. The van der Waals surface area contributed by atoms with E-state index in [1.165, 1.54) is 18.4 Å². The number of aryl methyl sites for hydroxylation is 2. The van der Waals surface area contributed by atoms with Gasteiger partial charge in [-0.05, 0) is 62.3 Å². The van der Waals surface area contributed by atoms with Crippen LogP contribution < -0.4 is 0 Å². The molecule has 1 atom stereocenters. The number of rotatable bonds is 4. The number of halogens is 1. The Labute approximate surface area is 115 Å². The van der Waals surface area contributed by atoms with Gasteiger partial charge in [-0.25, -0.2) is 0 Å². The van der Waals surface area contributed by atoms with E-state index < -0.39 is 0 Å². The van der Waals surface area contributed by atoms with Gasteiger partial charge in [0.25, 0.3) is 0 Å². The molecule has 1 aromatic rings. The zero-order chi connectivity index (χ0) is 13.8. The predicted octanol–water partition coefficient (Wildman–Crippen LogP) is 3.55. The van der Waals surface area contributed by atoms with Crippen molar-refractivity contribution < 1.29 is 9.50 Å². The smallest absolute Gasteiger partial charge is 0.121 e. The molecule has 2 nitrogen and oxygen atoms in total. The van der Waals surface area contributed by atoms with Gasteiger partial charge in [0.05, 0.1) is 6.67 Å². The van der Waals surface area contributed by atoms with Crippen molar-refractivity contribution in [3.05, 3.63) is 28.8 Å². The third-order valence-electron chi connectivity index (χ3n) is 4.10. The summed E-state index contributed by atoms with van der Waals surface area (Å²) in [5.41, 5.74) is 3.23. The molecule has 1 unspecified atom stereocenters. The summed E-state index contributed by atoms with van der Waals surface area (Å²) < 4.78 is 12.3. The van der Waals surface area contributed by atoms with Crippen LogP contribution in [0.25, 0.3) is 0 Å². The second-order valence-corrected chi connectivity index (χ2v) is 5.69. The number of benzene rings is 1. The van der Waals surface area contributed by atoms with Crippen molar-refractivity contribution >= 4 is 0 Å². The summed E-state index contributed by atoms with van der Waals surface area (Å²) in [5, 5.41) is 9.85. The highest BCUT2D eigenvalue weighted by molar-refractivity contribution is 5.43. The summed E-state index contributed by atoms with van der Waals surface area (Å²) in [5.74, 6) is 0.931. The van der Waals surface area contributed by atoms with Gasteiger partial charge in [-0.2, -0.15) is 0 Å². The molecule has 1 aliphatic heterocycles. The van der Waals surface area contributed by atoms with E-state index >= 15 is 0 Å². The SMILES string of the molecule is Cc1cc(C2CCCN(CCCF)C2)cc(C)c1O. The molecular weight excluding hydrogens is 241 g/mol. The molecule has 3 heteroatoms. The Bertz CT molecular complexity index is 410. The molecule has 1 saturated heterocycles. The predicted molar refractivity (Wildman–Crippen MR) is 76.6 cm³/mol. The molecule has 0 bridgehead atoms. The number of likely N-dealkylation sites (tertiary alicyclic amines) is 1. The molecule has 2 rings (SSSR count). The third kappa shape index (κ3) is 3.47. The summed E-state index contributed by atoms with van der Waals surface area (Å²) in [6, 6.07) is 4.21. The zero-order valence-electron chi connectivity index (χ0n) is 12.0. The van der Waals surface area contributed by atoms with Gasteiger partial charge in [-0.1, -0.05) is 12.1 Å². The summed E-state index contributed by atoms with van der Waals surface area (Å²) >= 11 is 0. The second-order valence-electron chi connectivity index (χ2n) is 5.69. The zero-order valence-corrected chi connectivity index (χ0v) is 12.0. The average molecular weight is 265 g/mol. The molecule has 0 spiro atoms. The van der Waals surface area contributed by atoms with Crippen LogP contribution in [0.5, 0.6) is 5.75 Å². The fraction of sp³-hybridized carbons (Fsp3) is 0.625. The molecule has 1 heterocycles. The number of phenolic OH excluding ortho intramolecular Hbond substituents is 1. The lowest BCUT2D eigenvalue weighted by Gasteiger charge is -2.33. The Morgan fingerprint density at radius 2 is 2.00 bits per heavy atom. The van der Waals surface area contributed by atoms with Gasteiger partial charge in [0.1, 0.15) is 5.75 Å². The van der Waals surface area contributed by atoms with Gasteiger partial charge in [0.15, 0.2) is 0 Å². The van der Waals surface area contributed by atoms with Gasteiger partial charge in [-0.15, -0.1) is 0 Å². The van der Waals surface area contributed by atoms with Gasteiger partial charge >= 0.3 is 0 Å². The summed E-state index contributed by atoms with van der Waals surface area (Å²) in [6.07, 6.45) is 3.01. The highest BCUT2D eigenvalue weighted by Crippen LogP contribution is 2.31. The number of hydrogen-bond acceptors (Lipinski definition) is 2. The van der Waals surface area contributed by atoms with Crippen LogP contribution in [0, 0.1) is 13.8 Å². The fourth-order valence-corrected chi connectivity index (χ4v) is 3.04. The lowest BCUT2D eigenvalue weighted by atomic mass is 9.88. The molecule has 0 saturated carbocycles. The monoisotopic (exact) mass is 265 g/mol. The van der Waals surface area contributed by atoms with Crippen LogP contribution in [0.15, 0.2) is 12.1 Å². The van der Waals surface area contributed by atoms with Gasteiger partial charge in [0.2, 0.25) is 0 Å². The second kappa shape index (κ2) is 6.38. The molecule has 1 aromatic carbocycles. The maximum atomic E-state index is 12.3. The highest BCUT2D eigenvalue weighted by Gasteiger charge is 2.21. The van der Waals surface area contributed by atoms with Crippen LogP contribution in [0.2, 0.25) is 0 Å². The molecular formula is C16H24FNO. The van der Waals surface area contributed by atoms with Crippen molar-refractivity contribution in [3.8, 4) is 5.75 Å². The Morgan fingerprint density at radius 3 is 2.63 bits per heavy atom. The Kier molecular flexibility index (Phi) is 4.81. The molecule has 0 aromatic heterocycles. The van der Waals surface area contributed by atoms with Gasteiger partial charge in [-0.3, -0.25) is 4.39 Å². The number of piperidine rings is 1. The Morgan fingerprint density at radius 1 is 1.32 bits per heavy atom. The van der Waals surface area contributed by atoms with Crippen LogP contribution in [-0.2, 0) is 0 Å². The lowest BCUT2D eigenvalue weighted by Crippen LogP contribution is -2.35. The average Bonchev–Trinajstić information content (AvgIpc) is 2.42. The van der Waals surface area contributed by atoms with E-state index in [0.717, 1.165) is 30.8 Å². The molecule has 0 aliphatic carbocycles. The lowest BCUT2D eigenvalue weighted by molar-refractivity contribution is 0.200. The minimum atomic E-state index is -0.224. The van der Waals surface area contributed by atoms with Gasteiger partial charge < -0.3 is 10.0 Å². The molecule has 106 valence electrons. The molecule has 0 radical (unpaired) electrons. The van der Waals surface area contributed by atoms with Crippen molar-refractivity contribution in [2.45, 2.75) is 39.0 Å². The molecule has 1 fully saturated rings. The maximum Gasteiger partial charge on any atom is 0.121 e. The number of hydrogen-bond donors (Lipinski definition) is 1. The number of phenols is 1. The van der Waals surface area contributed by atoms with Crippen molar-refractivity contribution in [3.63, 3.8) is 0 Å². The van der Waals surface area contributed by atoms with E-state index in [9.17, 15) is 9.50 Å². The Balaban J connectivity index is 2.08. The largest absolute Gasteiger partial charge is 0.507 e. The van der Waals surface area contributed by atoms with Crippen LogP contribution in [0.4, 0.5) is 4.39 Å². The van der Waals surface area contributed by atoms with Crippen molar-refractivity contribution in [1.82, 2.24) is 4.90 Å². The van der Waals surface area contributed by atoms with Crippen molar-refractivity contribution in [2.75, 3.05) is 26.3 Å². The highest BCUT2D eigenvalue weighted by atomic mass is 19.1. The molecule has 1 aliphatic rings. The Hall–Kier alpha value is -1.09. The van der Waals surface area contributed by atoms with Crippen LogP contribution >= 0.6 is 0 Å². The number of aromatic hydroxyl groups is 1. The first-order valence-electron chi connectivity index (χ1n) is 7.20. The minimum Gasteiger partial charge on any atom is -0.507 e. The van der Waals surface area contributed by atoms with Crippen LogP contribution in [0.3, 0.4) is 0 Å². The normalized spacial score (nSPS) is 20.7. The van der Waals surface area contributed by atoms with Crippen molar-refractivity contribution in [2.24, 2.45) is 0 Å². The topological polar surface area (TPSA) is 23.5 Å². The van der Waals surface area contributed by atoms with E-state index in [4.69, 9.17) is 0 Å². The van der Waals surface area contributed by atoms with E-state index in [0.29, 0.717) is 18.1 Å². The molecule has 0 amide bonds. The first-order valence-corrected chi connectivity index (χ1v) is 7.20. The molecule has 1 N–H and O–H groups in total. The minimum absolute atomic E-state index is 0.224. The van der Waals surface area contributed by atoms with Gasteiger partial charge in [0, 0.05) is 13.1 Å². The van der Waals surface area contributed by atoms with Crippen LogP contribution in [0.1, 0.15) is 41.9 Å². The van der Waals surface area contributed by atoms with E-state index in [1.807, 2.05) is 13.8 Å². The summed E-state index contributed by atoms with van der Waals surface area (Å²) in [4.78, 5) is 2.37. The standard InChI is InChI=1S/C16H24FNO/c1-12-9-15(10-13(2)16(12)19)14-5-3-7-18(11-14)8-4-6-17/h9-10,14,19H,3-8,11H2,1-2H3. The number of nitrogens with zero attached hydrogens (tertiary/aromatic N) is 1. The van der Waals surface area contributed by atoms with Crippen LogP contribution in [-0.4, -0.2) is 36.3 Å². The summed E-state index contributed by atoms with van der Waals surface area (Å²) in [7, 11) is 0. The molecule has 19 heavy (non-hydrogen) atoms. The number of alkyl halides is 1. The third-order valence-corrected chi connectivity index (χ3v) is 4.10. The van der Waals surface area contributed by atoms with E-state index in [2.05, 4.69) is 17.0 Å². The quantitative estimate of drug-likeness (QED) is 0.900. The fourth-order valence-electron chi connectivity index (χ4n) is 3.04. The maximum absolute atomic E-state index is 12.3. The van der Waals surface area contributed by atoms with Crippen molar-refractivity contribution in [1.29, 1.82) is 0 Å². The first-order chi connectivity index (χ1) is 9.11. The van der Waals surface area contributed by atoms with E-state index in [-0.39, 0.29) is 6.67 Å². The van der Waals surface area contributed by atoms with E-state index in [1.54, 1.807) is 0 Å².